The van der Waals surface area contributed by atoms with Crippen molar-refractivity contribution in [3.8, 4) is 0 Å². The molecule has 2 N–H and O–H groups in total. The van der Waals surface area contributed by atoms with Gasteiger partial charge in [-0.05, 0) is 70.6 Å². The van der Waals surface area contributed by atoms with Gasteiger partial charge in [0.15, 0.2) is 0 Å². The van der Waals surface area contributed by atoms with Crippen LogP contribution in [0.1, 0.15) is 181 Å². The Morgan fingerprint density at radius 2 is 1.09 bits per heavy atom. The van der Waals surface area contributed by atoms with Gasteiger partial charge in [-0.1, -0.05) is 164 Å². The second-order valence-corrected chi connectivity index (χ2v) is 17.8. The highest BCUT2D eigenvalue weighted by Crippen LogP contribution is 2.38. The average Bonchev–Trinajstić information content (AvgIpc) is 3.15. The van der Waals surface area contributed by atoms with Crippen molar-refractivity contribution < 1.29 is 32.9 Å². The van der Waals surface area contributed by atoms with Gasteiger partial charge in [-0.3, -0.25) is 9.36 Å². The Kier molecular flexibility index (Phi) is 37.5. The van der Waals surface area contributed by atoms with Gasteiger partial charge < -0.3 is 28.8 Å². The third kappa shape index (κ3) is 40.4. The minimum atomic E-state index is -4.60. The van der Waals surface area contributed by atoms with Crippen LogP contribution in [0.25, 0.3) is 0 Å². The number of nitrogens with one attached hydrogen (secondary N) is 1. The van der Waals surface area contributed by atoms with Crippen LogP contribution in [0.4, 0.5) is 0 Å². The molecule has 0 aliphatic heterocycles. The molecule has 0 aromatic carbocycles. The molecule has 0 saturated heterocycles. The molecule has 0 aromatic heterocycles. The van der Waals surface area contributed by atoms with Gasteiger partial charge in [0.2, 0.25) is 5.91 Å². The summed E-state index contributed by atoms with van der Waals surface area (Å²) in [6, 6.07) is -0.914. The number of carbonyl (C=O) groups is 1. The van der Waals surface area contributed by atoms with Crippen LogP contribution in [0.5, 0.6) is 0 Å². The van der Waals surface area contributed by atoms with E-state index < -0.39 is 26.6 Å². The Balaban J connectivity index is 4.34. The highest BCUT2D eigenvalue weighted by Gasteiger charge is 2.23. The molecule has 0 aliphatic carbocycles. The molecule has 3 unspecified atom stereocenters. The van der Waals surface area contributed by atoms with E-state index in [0.717, 1.165) is 70.6 Å². The number of unbranched alkanes of at least 4 members (excludes halogenated alkanes) is 19. The molecule has 0 bridgehead atoms. The van der Waals surface area contributed by atoms with Crippen molar-refractivity contribution in [1.82, 2.24) is 5.32 Å². The molecule has 8 nitrogen and oxygen atoms in total. The van der Waals surface area contributed by atoms with E-state index in [9.17, 15) is 19.4 Å². The topological polar surface area (TPSA) is 108 Å². The number of allylic oxidation sites excluding steroid dienone is 9. The quantitative estimate of drug-likeness (QED) is 0.0276. The summed E-state index contributed by atoms with van der Waals surface area (Å²) in [5.41, 5.74) is 0. The Morgan fingerprint density at radius 3 is 1.61 bits per heavy atom. The van der Waals surface area contributed by atoms with E-state index in [2.05, 4.69) is 67.8 Å². The smallest absolute Gasteiger partial charge is 0.268 e. The Morgan fingerprint density at radius 1 is 0.625 bits per heavy atom. The number of phosphoric acid groups is 1. The van der Waals surface area contributed by atoms with Crippen molar-refractivity contribution in [1.29, 1.82) is 0 Å². The fourth-order valence-electron chi connectivity index (χ4n) is 6.04. The Labute approximate surface area is 345 Å². The second-order valence-electron chi connectivity index (χ2n) is 16.4. The minimum absolute atomic E-state index is 0.0132. The zero-order valence-corrected chi connectivity index (χ0v) is 37.7. The van der Waals surface area contributed by atoms with Crippen molar-refractivity contribution in [3.05, 3.63) is 60.8 Å². The summed E-state index contributed by atoms with van der Waals surface area (Å²) in [4.78, 5) is 25.3. The summed E-state index contributed by atoms with van der Waals surface area (Å²) < 4.78 is 23.1. The van der Waals surface area contributed by atoms with E-state index in [1.165, 1.54) is 89.9 Å². The summed E-state index contributed by atoms with van der Waals surface area (Å²) in [6.45, 7) is 4.52. The number of hydrogen-bond acceptors (Lipinski definition) is 6. The van der Waals surface area contributed by atoms with Crippen molar-refractivity contribution in [2.75, 3.05) is 40.9 Å². The lowest BCUT2D eigenvalue weighted by molar-refractivity contribution is -0.870. The Bertz CT molecular complexity index is 1100. The van der Waals surface area contributed by atoms with E-state index in [1.54, 1.807) is 6.08 Å². The Hall–Kier alpha value is -1.80. The standard InChI is InChI=1S/C47H87N2O6P/c1-6-8-10-12-14-16-18-19-20-21-22-23-24-25-26-27-28-29-31-33-35-37-39-41-47(51)48-45(44-55-56(52,53)54-43-42-49(3,4)5)46(50)40-38-36-34-32-30-17-15-13-11-9-7-2/h11,13,22-23,25-26,30,32,38,40,45-46,50H,6-10,12,14-21,24,27-29,31,33-37,39,41-44H2,1-5H3,(H-,48,51,52,53)/b13-11+,23-22-,26-25-,32-30+,40-38+. The van der Waals surface area contributed by atoms with Crippen LogP contribution < -0.4 is 10.2 Å². The molecule has 0 aliphatic rings. The number of hydrogen-bond donors (Lipinski definition) is 2. The van der Waals surface area contributed by atoms with Crippen LogP contribution in [-0.2, 0) is 18.4 Å². The van der Waals surface area contributed by atoms with Gasteiger partial charge in [0.05, 0.1) is 39.9 Å². The molecule has 0 fully saturated rings. The molecule has 9 heteroatoms. The molecule has 0 saturated carbocycles. The molecule has 0 radical (unpaired) electrons. The maximum Gasteiger partial charge on any atom is 0.268 e. The highest BCUT2D eigenvalue weighted by atomic mass is 31.2. The lowest BCUT2D eigenvalue weighted by Crippen LogP contribution is -2.45. The second kappa shape index (κ2) is 38.7. The van der Waals surface area contributed by atoms with Gasteiger partial charge >= 0.3 is 0 Å². The molecular formula is C47H87N2O6P. The zero-order valence-electron chi connectivity index (χ0n) is 36.8. The summed E-state index contributed by atoms with van der Waals surface area (Å²) in [5.74, 6) is -0.223. The lowest BCUT2D eigenvalue weighted by Gasteiger charge is -2.29. The molecule has 0 spiro atoms. The number of aliphatic hydroxyl groups excluding tert-OH is 1. The van der Waals surface area contributed by atoms with E-state index in [-0.39, 0.29) is 12.5 Å². The first kappa shape index (κ1) is 54.2. The first-order valence-electron chi connectivity index (χ1n) is 22.7. The maximum absolute atomic E-state index is 12.8. The normalized spacial score (nSPS) is 14.9. The van der Waals surface area contributed by atoms with Crippen LogP contribution in [0.2, 0.25) is 0 Å². The van der Waals surface area contributed by atoms with E-state index in [0.29, 0.717) is 17.4 Å². The molecule has 0 heterocycles. The first-order chi connectivity index (χ1) is 27.0. The minimum Gasteiger partial charge on any atom is -0.756 e. The third-order valence-electron chi connectivity index (χ3n) is 9.66. The average molecular weight is 807 g/mol. The third-order valence-corrected chi connectivity index (χ3v) is 10.6. The number of rotatable bonds is 40. The van der Waals surface area contributed by atoms with Gasteiger partial charge in [0.25, 0.3) is 7.82 Å². The van der Waals surface area contributed by atoms with E-state index in [1.807, 2.05) is 27.2 Å². The number of aliphatic hydroxyl groups is 1. The summed E-state index contributed by atoms with van der Waals surface area (Å²) >= 11 is 0. The highest BCUT2D eigenvalue weighted by molar-refractivity contribution is 7.45. The molecule has 0 rings (SSSR count). The van der Waals surface area contributed by atoms with Crippen LogP contribution in [-0.4, -0.2) is 68.5 Å². The summed E-state index contributed by atoms with van der Waals surface area (Å²) in [6.07, 6.45) is 50.0. The van der Waals surface area contributed by atoms with Crippen molar-refractivity contribution in [3.63, 3.8) is 0 Å². The largest absolute Gasteiger partial charge is 0.756 e. The van der Waals surface area contributed by atoms with Gasteiger partial charge in [-0.15, -0.1) is 0 Å². The van der Waals surface area contributed by atoms with Crippen LogP contribution in [0.3, 0.4) is 0 Å². The molecule has 3 atom stereocenters. The monoisotopic (exact) mass is 807 g/mol. The number of quaternary nitrogens is 1. The summed E-state index contributed by atoms with van der Waals surface area (Å²) in [7, 11) is 1.22. The van der Waals surface area contributed by atoms with Gasteiger partial charge in [0.1, 0.15) is 13.2 Å². The van der Waals surface area contributed by atoms with Crippen LogP contribution >= 0.6 is 7.82 Å². The first-order valence-corrected chi connectivity index (χ1v) is 24.1. The molecule has 56 heavy (non-hydrogen) atoms. The summed E-state index contributed by atoms with van der Waals surface area (Å²) in [5, 5.41) is 13.7. The van der Waals surface area contributed by atoms with Crippen LogP contribution in [0.15, 0.2) is 60.8 Å². The van der Waals surface area contributed by atoms with Crippen molar-refractivity contribution in [2.45, 2.75) is 193 Å². The van der Waals surface area contributed by atoms with Crippen molar-refractivity contribution >= 4 is 13.7 Å². The molecule has 0 aromatic rings. The zero-order chi connectivity index (χ0) is 41.4. The molecule has 1 amide bonds. The molecule has 326 valence electrons. The van der Waals surface area contributed by atoms with Gasteiger partial charge in [-0.2, -0.15) is 0 Å². The predicted octanol–water partition coefficient (Wildman–Crippen LogP) is 12.0. The van der Waals surface area contributed by atoms with Crippen LogP contribution in [0, 0.1) is 0 Å². The number of nitrogens with zero attached hydrogens (tertiary/aromatic N) is 1. The predicted molar refractivity (Wildman–Crippen MR) is 237 cm³/mol. The van der Waals surface area contributed by atoms with E-state index >= 15 is 0 Å². The number of amides is 1. The van der Waals surface area contributed by atoms with Gasteiger partial charge in [0, 0.05) is 6.42 Å². The van der Waals surface area contributed by atoms with Crippen molar-refractivity contribution in [2.24, 2.45) is 0 Å². The fraction of sp³-hybridized carbons (Fsp3) is 0.766. The number of likely N-dealkylation sites (N-methyl/N-ethyl adjacent to an activating group) is 1. The number of phosphoric ester groups is 1. The lowest BCUT2D eigenvalue weighted by atomic mass is 10.1. The fourth-order valence-corrected chi connectivity index (χ4v) is 6.77. The number of carbonyl (C=O) groups excluding carboxylic acids is 1. The SMILES string of the molecule is CCC/C=C/CC/C=C/CC/C=C/C(O)C(COP(=O)([O-])OCC[N+](C)(C)C)NC(=O)CCCCCCCCC/C=C\C/C=C\CCCCCCCCCCC. The maximum atomic E-state index is 12.8. The van der Waals surface area contributed by atoms with E-state index in [4.69, 9.17) is 9.05 Å². The molecular weight excluding hydrogens is 719 g/mol. The van der Waals surface area contributed by atoms with Gasteiger partial charge in [-0.25, -0.2) is 0 Å².